The molecule has 0 unspecified atom stereocenters. The van der Waals surface area contributed by atoms with Crippen LogP contribution in [0.2, 0.25) is 5.02 Å². The Bertz CT molecular complexity index is 1750. The fourth-order valence-corrected chi connectivity index (χ4v) is 6.64. The Morgan fingerprint density at radius 3 is 2.26 bits per heavy atom. The fourth-order valence-electron chi connectivity index (χ4n) is 5.06. The molecule has 0 fully saturated rings. The summed E-state index contributed by atoms with van der Waals surface area (Å²) >= 11 is 6.34. The number of amides is 2. The summed E-state index contributed by atoms with van der Waals surface area (Å²) in [6.07, 6.45) is 1.76. The van der Waals surface area contributed by atoms with Crippen LogP contribution in [0.25, 0.3) is 0 Å². The maximum atomic E-state index is 14.6. The Hall–Kier alpha value is -4.41. The molecule has 4 aromatic carbocycles. The van der Waals surface area contributed by atoms with E-state index in [0.29, 0.717) is 12.1 Å². The molecule has 0 saturated heterocycles. The second-order valence-electron chi connectivity index (χ2n) is 11.1. The second kappa shape index (κ2) is 16.4. The Morgan fingerprint density at radius 1 is 0.936 bits per heavy atom. The number of halogens is 2. The van der Waals surface area contributed by atoms with Crippen LogP contribution in [0.4, 0.5) is 10.1 Å². The Balaban J connectivity index is 1.83. The molecular formula is C36H39ClFN3O5S. The highest BCUT2D eigenvalue weighted by Gasteiger charge is 2.35. The van der Waals surface area contributed by atoms with Gasteiger partial charge in [-0.05, 0) is 66.9 Å². The van der Waals surface area contributed by atoms with E-state index in [0.717, 1.165) is 28.3 Å². The number of methoxy groups -OCH3 is 1. The van der Waals surface area contributed by atoms with Gasteiger partial charge in [-0.2, -0.15) is 0 Å². The number of sulfonamides is 1. The van der Waals surface area contributed by atoms with Crippen LogP contribution in [0, 0.1) is 12.7 Å². The lowest BCUT2D eigenvalue weighted by atomic mass is 10.0. The SMILES string of the molecule is CCCCNC(=O)[C@@H](Cc1ccccc1)N(Cc1ccc(F)cc1)C(=O)CN(c1cc(Cl)ccc1OC)S(=O)(=O)c1ccc(C)cc1. The quantitative estimate of drug-likeness (QED) is 0.144. The number of anilines is 1. The molecule has 0 radical (unpaired) electrons. The Morgan fingerprint density at radius 2 is 1.62 bits per heavy atom. The largest absolute Gasteiger partial charge is 0.495 e. The lowest BCUT2D eigenvalue weighted by Gasteiger charge is -2.34. The number of carbonyl (C=O) groups excluding carboxylic acids is 2. The first kappa shape index (κ1) is 35.4. The highest BCUT2D eigenvalue weighted by atomic mass is 35.5. The molecule has 248 valence electrons. The van der Waals surface area contributed by atoms with E-state index in [4.69, 9.17) is 16.3 Å². The van der Waals surface area contributed by atoms with Crippen molar-refractivity contribution in [2.75, 3.05) is 24.5 Å². The number of hydrogen-bond donors (Lipinski definition) is 1. The number of hydrogen-bond acceptors (Lipinski definition) is 5. The van der Waals surface area contributed by atoms with Crippen molar-refractivity contribution in [2.45, 2.75) is 50.6 Å². The van der Waals surface area contributed by atoms with Crippen LogP contribution in [-0.4, -0.2) is 51.4 Å². The van der Waals surface area contributed by atoms with Gasteiger partial charge in [-0.25, -0.2) is 12.8 Å². The first-order valence-electron chi connectivity index (χ1n) is 15.3. The highest BCUT2D eigenvalue weighted by molar-refractivity contribution is 7.92. The number of nitrogens with one attached hydrogen (secondary N) is 1. The average molecular weight is 680 g/mol. The zero-order valence-corrected chi connectivity index (χ0v) is 28.2. The summed E-state index contributed by atoms with van der Waals surface area (Å²) in [6.45, 7) is 3.49. The van der Waals surface area contributed by atoms with Crippen LogP contribution < -0.4 is 14.4 Å². The molecule has 0 saturated carbocycles. The van der Waals surface area contributed by atoms with Crippen molar-refractivity contribution in [1.29, 1.82) is 0 Å². The number of benzene rings is 4. The predicted molar refractivity (Wildman–Crippen MR) is 183 cm³/mol. The molecule has 8 nitrogen and oxygen atoms in total. The van der Waals surface area contributed by atoms with Crippen molar-refractivity contribution < 1.29 is 27.1 Å². The number of carbonyl (C=O) groups is 2. The number of rotatable bonds is 15. The summed E-state index contributed by atoms with van der Waals surface area (Å²) in [5.41, 5.74) is 2.28. The van der Waals surface area contributed by atoms with Crippen LogP contribution in [0.3, 0.4) is 0 Å². The number of nitrogens with zero attached hydrogens (tertiary/aromatic N) is 2. The van der Waals surface area contributed by atoms with E-state index in [1.807, 2.05) is 44.2 Å². The molecule has 47 heavy (non-hydrogen) atoms. The molecule has 4 aromatic rings. The topological polar surface area (TPSA) is 96.0 Å². The van der Waals surface area contributed by atoms with Gasteiger partial charge in [0.25, 0.3) is 10.0 Å². The number of aryl methyl sites for hydroxylation is 1. The van der Waals surface area contributed by atoms with Gasteiger partial charge in [0.2, 0.25) is 11.8 Å². The molecule has 0 heterocycles. The highest BCUT2D eigenvalue weighted by Crippen LogP contribution is 2.35. The molecule has 1 atom stereocenters. The average Bonchev–Trinajstić information content (AvgIpc) is 3.06. The number of unbranched alkanes of at least 4 members (excludes halogenated alkanes) is 1. The van der Waals surface area contributed by atoms with E-state index in [9.17, 15) is 22.4 Å². The lowest BCUT2D eigenvalue weighted by Crippen LogP contribution is -2.53. The summed E-state index contributed by atoms with van der Waals surface area (Å²) in [4.78, 5) is 29.7. The van der Waals surface area contributed by atoms with Gasteiger partial charge in [0, 0.05) is 24.5 Å². The first-order chi connectivity index (χ1) is 22.5. The van der Waals surface area contributed by atoms with Gasteiger partial charge in [-0.3, -0.25) is 13.9 Å². The van der Waals surface area contributed by atoms with Crippen LogP contribution in [0.15, 0.2) is 102 Å². The summed E-state index contributed by atoms with van der Waals surface area (Å²) < 4.78 is 48.9. The van der Waals surface area contributed by atoms with Crippen molar-refractivity contribution in [1.82, 2.24) is 10.2 Å². The molecule has 0 aromatic heterocycles. The fraction of sp³-hybridized carbons (Fsp3) is 0.278. The Kier molecular flexibility index (Phi) is 12.4. The summed E-state index contributed by atoms with van der Waals surface area (Å²) in [5, 5.41) is 3.18. The molecule has 4 rings (SSSR count). The maximum Gasteiger partial charge on any atom is 0.264 e. The lowest BCUT2D eigenvalue weighted by molar-refractivity contribution is -0.140. The van der Waals surface area contributed by atoms with E-state index in [1.54, 1.807) is 18.2 Å². The van der Waals surface area contributed by atoms with E-state index >= 15 is 0 Å². The third-order valence-electron chi connectivity index (χ3n) is 7.66. The van der Waals surface area contributed by atoms with E-state index in [2.05, 4.69) is 5.32 Å². The van der Waals surface area contributed by atoms with E-state index in [-0.39, 0.29) is 40.2 Å². The maximum absolute atomic E-state index is 14.6. The van der Waals surface area contributed by atoms with Crippen molar-refractivity contribution in [3.8, 4) is 5.75 Å². The van der Waals surface area contributed by atoms with Gasteiger partial charge in [0.05, 0.1) is 17.7 Å². The van der Waals surface area contributed by atoms with Crippen LogP contribution in [-0.2, 0) is 32.6 Å². The molecule has 0 spiro atoms. The molecule has 2 amide bonds. The van der Waals surface area contributed by atoms with Crippen molar-refractivity contribution in [3.63, 3.8) is 0 Å². The van der Waals surface area contributed by atoms with Crippen LogP contribution in [0.1, 0.15) is 36.5 Å². The predicted octanol–water partition coefficient (Wildman–Crippen LogP) is 6.55. The first-order valence-corrected chi connectivity index (χ1v) is 17.1. The smallest absolute Gasteiger partial charge is 0.264 e. The van der Waals surface area contributed by atoms with E-state index < -0.39 is 34.3 Å². The van der Waals surface area contributed by atoms with Gasteiger partial charge >= 0.3 is 0 Å². The zero-order valence-electron chi connectivity index (χ0n) is 26.7. The molecular weight excluding hydrogens is 641 g/mol. The van der Waals surface area contributed by atoms with Gasteiger partial charge in [0.1, 0.15) is 24.2 Å². The summed E-state index contributed by atoms with van der Waals surface area (Å²) in [6, 6.07) is 24.6. The summed E-state index contributed by atoms with van der Waals surface area (Å²) in [5.74, 6) is -1.31. The minimum absolute atomic E-state index is 0.0406. The van der Waals surface area contributed by atoms with Gasteiger partial charge in [-0.1, -0.05) is 85.1 Å². The monoisotopic (exact) mass is 679 g/mol. The molecule has 11 heteroatoms. The van der Waals surface area contributed by atoms with Crippen LogP contribution in [0.5, 0.6) is 5.75 Å². The molecule has 0 aliphatic rings. The standard InChI is InChI=1S/C36H39ClFN3O5S/c1-4-5-21-39-36(43)33(22-27-9-7-6-8-10-27)40(24-28-13-16-30(38)17-14-28)35(42)25-41(32-23-29(37)15-20-34(32)46-3)47(44,45)31-18-11-26(2)12-19-31/h6-20,23,33H,4-5,21-22,24-25H2,1-3H3,(H,39,43)/t33-/m1/s1. The van der Waals surface area contributed by atoms with Crippen LogP contribution >= 0.6 is 11.6 Å². The normalized spacial score (nSPS) is 11.9. The zero-order chi connectivity index (χ0) is 34.0. The Labute approximate surface area is 281 Å². The van der Waals surface area contributed by atoms with Crippen molar-refractivity contribution in [3.05, 3.63) is 125 Å². The molecule has 0 bridgehead atoms. The van der Waals surface area contributed by atoms with Gasteiger partial charge in [0.15, 0.2) is 0 Å². The molecule has 1 N–H and O–H groups in total. The molecule has 0 aliphatic heterocycles. The van der Waals surface area contributed by atoms with Gasteiger partial charge in [-0.15, -0.1) is 0 Å². The third-order valence-corrected chi connectivity index (χ3v) is 9.67. The minimum atomic E-state index is -4.35. The number of ether oxygens (including phenoxy) is 1. The molecule has 0 aliphatic carbocycles. The van der Waals surface area contributed by atoms with Gasteiger partial charge < -0.3 is 15.0 Å². The van der Waals surface area contributed by atoms with E-state index in [1.165, 1.54) is 60.5 Å². The van der Waals surface area contributed by atoms with Crippen molar-refractivity contribution in [2.24, 2.45) is 0 Å². The minimum Gasteiger partial charge on any atom is -0.495 e. The second-order valence-corrected chi connectivity index (χ2v) is 13.4. The third kappa shape index (κ3) is 9.33. The van der Waals surface area contributed by atoms with Crippen molar-refractivity contribution >= 4 is 39.1 Å². The summed E-state index contributed by atoms with van der Waals surface area (Å²) in [7, 11) is -2.96.